The molecule has 1 atom stereocenters. The van der Waals surface area contributed by atoms with Gasteiger partial charge >= 0.3 is 0 Å². The third-order valence-corrected chi connectivity index (χ3v) is 4.50. The number of nitriles is 1. The number of rotatable bonds is 4. The first-order chi connectivity index (χ1) is 11.5. The van der Waals surface area contributed by atoms with Gasteiger partial charge in [-0.05, 0) is 36.4 Å². The Kier molecular flexibility index (Phi) is 3.94. The minimum absolute atomic E-state index is 0.0749. The Bertz CT molecular complexity index is 995. The summed E-state index contributed by atoms with van der Waals surface area (Å²) in [6, 6.07) is 10.1. The van der Waals surface area contributed by atoms with Gasteiger partial charge in [-0.15, -0.1) is 10.2 Å². The number of aryl methyl sites for hydroxylation is 2. The molecule has 24 heavy (non-hydrogen) atoms. The molecule has 0 spiro atoms. The van der Waals surface area contributed by atoms with E-state index in [1.165, 1.54) is 0 Å². The number of nitrogens with zero attached hydrogens (tertiary/aromatic N) is 4. The number of aromatic nitrogens is 4. The minimum Gasteiger partial charge on any atom is -0.322 e. The third kappa shape index (κ3) is 2.69. The predicted octanol–water partition coefficient (Wildman–Crippen LogP) is 2.24. The maximum absolute atomic E-state index is 12.1. The van der Waals surface area contributed by atoms with Crippen molar-refractivity contribution in [1.82, 2.24) is 19.7 Å². The number of benzene rings is 1. The smallest absolute Gasteiger partial charge is 0.251 e. The van der Waals surface area contributed by atoms with Crippen molar-refractivity contribution in [2.45, 2.75) is 32.1 Å². The summed E-state index contributed by atoms with van der Waals surface area (Å²) in [6.45, 7) is 3.83. The molecule has 0 fully saturated rings. The standard InChI is InChI=1S/C18H19N5O/c1-4-12-7-13-5-6-14(8-15(13)21-17(12)24)18(2,10-19)9-16-22-20-11-23(16)3/h5-8,11H,4,9H2,1-3H3,(H,21,24). The largest absolute Gasteiger partial charge is 0.322 e. The fourth-order valence-electron chi connectivity index (χ4n) is 2.84. The Morgan fingerprint density at radius 2 is 2.17 bits per heavy atom. The minimum atomic E-state index is -0.755. The van der Waals surface area contributed by atoms with E-state index in [0.717, 1.165) is 27.9 Å². The Hall–Kier alpha value is -2.94. The number of nitrogens with one attached hydrogen (secondary N) is 1. The van der Waals surface area contributed by atoms with E-state index in [0.29, 0.717) is 12.8 Å². The molecule has 0 saturated carbocycles. The molecule has 1 aromatic carbocycles. The van der Waals surface area contributed by atoms with Gasteiger partial charge in [-0.2, -0.15) is 5.26 Å². The molecule has 0 radical (unpaired) electrons. The van der Waals surface area contributed by atoms with E-state index in [1.807, 2.05) is 49.7 Å². The van der Waals surface area contributed by atoms with Crippen LogP contribution in [0.15, 0.2) is 35.4 Å². The Labute approximate surface area is 139 Å². The average molecular weight is 321 g/mol. The predicted molar refractivity (Wildman–Crippen MR) is 91.6 cm³/mol. The lowest BCUT2D eigenvalue weighted by atomic mass is 9.80. The molecular formula is C18H19N5O. The van der Waals surface area contributed by atoms with Crippen LogP contribution in [0.4, 0.5) is 0 Å². The van der Waals surface area contributed by atoms with Crippen LogP contribution in [0.1, 0.15) is 30.8 Å². The molecule has 1 N–H and O–H groups in total. The van der Waals surface area contributed by atoms with Crippen LogP contribution in [-0.2, 0) is 25.3 Å². The van der Waals surface area contributed by atoms with E-state index in [2.05, 4.69) is 21.3 Å². The van der Waals surface area contributed by atoms with Gasteiger partial charge in [0.2, 0.25) is 0 Å². The third-order valence-electron chi connectivity index (χ3n) is 4.50. The molecule has 3 aromatic rings. The Morgan fingerprint density at radius 3 is 2.79 bits per heavy atom. The van der Waals surface area contributed by atoms with Gasteiger partial charge in [0.1, 0.15) is 12.2 Å². The van der Waals surface area contributed by atoms with Crippen molar-refractivity contribution in [2.24, 2.45) is 7.05 Å². The number of H-pyrrole nitrogens is 1. The van der Waals surface area contributed by atoms with Crippen LogP contribution >= 0.6 is 0 Å². The molecular weight excluding hydrogens is 302 g/mol. The molecule has 3 rings (SSSR count). The molecule has 0 aliphatic heterocycles. The summed E-state index contributed by atoms with van der Waals surface area (Å²) in [6.07, 6.45) is 2.76. The van der Waals surface area contributed by atoms with Crippen molar-refractivity contribution in [3.63, 3.8) is 0 Å². The van der Waals surface area contributed by atoms with Crippen LogP contribution in [0.5, 0.6) is 0 Å². The first-order valence-corrected chi connectivity index (χ1v) is 7.87. The second-order valence-electron chi connectivity index (χ2n) is 6.26. The molecule has 6 nitrogen and oxygen atoms in total. The highest BCUT2D eigenvalue weighted by atomic mass is 16.1. The van der Waals surface area contributed by atoms with Gasteiger partial charge in [-0.3, -0.25) is 4.79 Å². The van der Waals surface area contributed by atoms with Crippen LogP contribution < -0.4 is 5.56 Å². The molecule has 2 aromatic heterocycles. The van der Waals surface area contributed by atoms with Crippen molar-refractivity contribution in [3.8, 4) is 6.07 Å². The van der Waals surface area contributed by atoms with E-state index in [9.17, 15) is 10.1 Å². The van der Waals surface area contributed by atoms with E-state index < -0.39 is 5.41 Å². The molecule has 6 heteroatoms. The van der Waals surface area contributed by atoms with Gasteiger partial charge in [-0.1, -0.05) is 19.1 Å². The van der Waals surface area contributed by atoms with Crippen LogP contribution in [0.3, 0.4) is 0 Å². The van der Waals surface area contributed by atoms with Crippen molar-refractivity contribution in [1.29, 1.82) is 5.26 Å². The van der Waals surface area contributed by atoms with Crippen molar-refractivity contribution < 1.29 is 0 Å². The first-order valence-electron chi connectivity index (χ1n) is 7.87. The van der Waals surface area contributed by atoms with Crippen molar-refractivity contribution in [3.05, 3.63) is 57.9 Å². The van der Waals surface area contributed by atoms with Crippen LogP contribution in [-0.4, -0.2) is 19.7 Å². The zero-order chi connectivity index (χ0) is 17.3. The van der Waals surface area contributed by atoms with Crippen LogP contribution in [0.25, 0.3) is 10.9 Å². The summed E-state index contributed by atoms with van der Waals surface area (Å²) in [4.78, 5) is 15.0. The van der Waals surface area contributed by atoms with E-state index in [-0.39, 0.29) is 5.56 Å². The fourth-order valence-corrected chi connectivity index (χ4v) is 2.84. The molecule has 1 unspecified atom stereocenters. The summed E-state index contributed by atoms with van der Waals surface area (Å²) in [5.74, 6) is 0.744. The quantitative estimate of drug-likeness (QED) is 0.798. The Morgan fingerprint density at radius 1 is 1.38 bits per heavy atom. The molecule has 0 amide bonds. The van der Waals surface area contributed by atoms with Gasteiger partial charge < -0.3 is 9.55 Å². The summed E-state index contributed by atoms with van der Waals surface area (Å²) >= 11 is 0. The average Bonchev–Trinajstić information content (AvgIpc) is 2.98. The topological polar surface area (TPSA) is 87.4 Å². The zero-order valence-corrected chi connectivity index (χ0v) is 14.0. The van der Waals surface area contributed by atoms with Gasteiger partial charge in [0.05, 0.1) is 11.5 Å². The van der Waals surface area contributed by atoms with Crippen LogP contribution in [0.2, 0.25) is 0 Å². The maximum Gasteiger partial charge on any atom is 0.251 e. The number of aromatic amines is 1. The summed E-state index contributed by atoms with van der Waals surface area (Å²) < 4.78 is 1.81. The van der Waals surface area contributed by atoms with Gasteiger partial charge in [-0.25, -0.2) is 0 Å². The second-order valence-corrected chi connectivity index (χ2v) is 6.26. The highest BCUT2D eigenvalue weighted by Gasteiger charge is 2.29. The highest BCUT2D eigenvalue weighted by Crippen LogP contribution is 2.29. The maximum atomic E-state index is 12.1. The lowest BCUT2D eigenvalue weighted by Gasteiger charge is -2.22. The van der Waals surface area contributed by atoms with Crippen molar-refractivity contribution in [2.75, 3.05) is 0 Å². The first kappa shape index (κ1) is 15.9. The monoisotopic (exact) mass is 321 g/mol. The summed E-state index contributed by atoms with van der Waals surface area (Å²) in [5.41, 5.74) is 1.52. The fraction of sp³-hybridized carbons (Fsp3) is 0.333. The Balaban J connectivity index is 2.08. The van der Waals surface area contributed by atoms with Gasteiger partial charge in [0.25, 0.3) is 5.56 Å². The van der Waals surface area contributed by atoms with Crippen LogP contribution in [0, 0.1) is 11.3 Å². The highest BCUT2D eigenvalue weighted by molar-refractivity contribution is 5.80. The second kappa shape index (κ2) is 5.93. The van der Waals surface area contributed by atoms with E-state index in [4.69, 9.17) is 0 Å². The lowest BCUT2D eigenvalue weighted by Crippen LogP contribution is -2.25. The molecule has 2 heterocycles. The molecule has 0 aliphatic rings. The lowest BCUT2D eigenvalue weighted by molar-refractivity contribution is 0.569. The molecule has 0 bridgehead atoms. The van der Waals surface area contributed by atoms with Gasteiger partial charge in [0.15, 0.2) is 0 Å². The SMILES string of the molecule is CCc1cc2ccc(C(C)(C#N)Cc3nncn3C)cc2[nH]c1=O. The molecule has 0 saturated heterocycles. The number of hydrogen-bond acceptors (Lipinski definition) is 4. The normalized spacial score (nSPS) is 13.6. The molecule has 122 valence electrons. The summed E-state index contributed by atoms with van der Waals surface area (Å²) in [7, 11) is 1.86. The number of pyridine rings is 1. The van der Waals surface area contributed by atoms with Gasteiger partial charge in [0, 0.05) is 24.5 Å². The molecule has 0 aliphatic carbocycles. The number of hydrogen-bond donors (Lipinski definition) is 1. The van der Waals surface area contributed by atoms with E-state index in [1.54, 1.807) is 6.33 Å². The number of fused-ring (bicyclic) bond motifs is 1. The zero-order valence-electron chi connectivity index (χ0n) is 14.0. The summed E-state index contributed by atoms with van der Waals surface area (Å²) in [5, 5.41) is 18.7. The van der Waals surface area contributed by atoms with Crippen molar-refractivity contribution >= 4 is 10.9 Å². The van der Waals surface area contributed by atoms with E-state index >= 15 is 0 Å².